The minimum Gasteiger partial charge on any atom is -0.258 e. The Hall–Kier alpha value is -2.04. The molecule has 0 unspecified atom stereocenters. The lowest BCUT2D eigenvalue weighted by Gasteiger charge is -2.04. The van der Waals surface area contributed by atoms with Gasteiger partial charge in [-0.3, -0.25) is 10.1 Å². The largest absolute Gasteiger partial charge is 0.281 e. The van der Waals surface area contributed by atoms with Gasteiger partial charge in [0.15, 0.2) is 0 Å². The first-order chi connectivity index (χ1) is 7.11. The molecule has 0 spiro atoms. The van der Waals surface area contributed by atoms with Gasteiger partial charge in [0.05, 0.1) is 22.7 Å². The van der Waals surface area contributed by atoms with E-state index in [0.717, 1.165) is 10.9 Å². The fraction of sp³-hybridized carbons (Fsp3) is 0.200. The van der Waals surface area contributed by atoms with E-state index in [1.54, 1.807) is 19.2 Å². The number of aryl methyl sites for hydroxylation is 2. The number of fused-ring (bicyclic) bond motifs is 1. The fourth-order valence-electron chi connectivity index (χ4n) is 1.75. The van der Waals surface area contributed by atoms with E-state index in [9.17, 15) is 10.1 Å². The Bertz CT molecular complexity index is 552. The molecule has 76 valence electrons. The van der Waals surface area contributed by atoms with Crippen LogP contribution in [0.15, 0.2) is 18.5 Å². The molecule has 0 saturated heterocycles. The first-order valence-electron chi connectivity index (χ1n) is 4.46. The second kappa shape index (κ2) is 3.27. The summed E-state index contributed by atoms with van der Waals surface area (Å²) in [6, 6.07) is 1.79. The van der Waals surface area contributed by atoms with Crippen LogP contribution in [0.4, 0.5) is 5.69 Å². The fourth-order valence-corrected chi connectivity index (χ4v) is 1.75. The maximum atomic E-state index is 10.9. The molecule has 0 atom stereocenters. The minimum absolute atomic E-state index is 0.116. The molecule has 0 aliphatic heterocycles. The molecule has 1 aromatic heterocycles. The molecule has 15 heavy (non-hydrogen) atoms. The standard InChI is InChI=1S/C10H9N3O2/c1-6-3-7(2)10(13(14)15)9-5-12-11-4-8(6)9/h3-5H,1-2H3. The van der Waals surface area contributed by atoms with Crippen LogP contribution in [0, 0.1) is 24.0 Å². The van der Waals surface area contributed by atoms with Gasteiger partial charge in [-0.1, -0.05) is 0 Å². The molecule has 0 N–H and O–H groups in total. The van der Waals surface area contributed by atoms with Crippen molar-refractivity contribution in [2.45, 2.75) is 13.8 Å². The minimum atomic E-state index is -0.376. The normalized spacial score (nSPS) is 10.5. The van der Waals surface area contributed by atoms with Crippen LogP contribution in [-0.4, -0.2) is 15.1 Å². The van der Waals surface area contributed by atoms with Gasteiger partial charge in [-0.25, -0.2) is 0 Å². The quantitative estimate of drug-likeness (QED) is 0.526. The lowest BCUT2D eigenvalue weighted by molar-refractivity contribution is -0.383. The summed E-state index contributed by atoms with van der Waals surface area (Å²) < 4.78 is 0. The van der Waals surface area contributed by atoms with E-state index in [2.05, 4.69) is 10.2 Å². The monoisotopic (exact) mass is 203 g/mol. The highest BCUT2D eigenvalue weighted by atomic mass is 16.6. The van der Waals surface area contributed by atoms with Crippen LogP contribution in [-0.2, 0) is 0 Å². The van der Waals surface area contributed by atoms with E-state index in [-0.39, 0.29) is 10.6 Å². The van der Waals surface area contributed by atoms with Crippen molar-refractivity contribution < 1.29 is 4.92 Å². The molecule has 2 rings (SSSR count). The highest BCUT2D eigenvalue weighted by molar-refractivity contribution is 5.93. The molecule has 0 fully saturated rings. The van der Waals surface area contributed by atoms with Crippen molar-refractivity contribution in [1.82, 2.24) is 10.2 Å². The maximum Gasteiger partial charge on any atom is 0.281 e. The van der Waals surface area contributed by atoms with Gasteiger partial charge in [0.25, 0.3) is 5.69 Å². The third kappa shape index (κ3) is 1.41. The molecule has 2 aromatic rings. The Morgan fingerprint density at radius 3 is 2.33 bits per heavy atom. The Morgan fingerprint density at radius 2 is 1.73 bits per heavy atom. The second-order valence-electron chi connectivity index (χ2n) is 3.43. The maximum absolute atomic E-state index is 10.9. The van der Waals surface area contributed by atoms with Crippen molar-refractivity contribution >= 4 is 16.5 Å². The zero-order chi connectivity index (χ0) is 11.0. The number of aromatic nitrogens is 2. The zero-order valence-electron chi connectivity index (χ0n) is 8.39. The van der Waals surface area contributed by atoms with Crippen LogP contribution in [0.25, 0.3) is 10.8 Å². The number of nitro groups is 1. The number of hydrogen-bond donors (Lipinski definition) is 0. The molecule has 5 nitrogen and oxygen atoms in total. The Morgan fingerprint density at radius 1 is 1.13 bits per heavy atom. The molecular weight excluding hydrogens is 194 g/mol. The van der Waals surface area contributed by atoms with E-state index in [4.69, 9.17) is 0 Å². The van der Waals surface area contributed by atoms with Gasteiger partial charge in [-0.2, -0.15) is 10.2 Å². The van der Waals surface area contributed by atoms with E-state index >= 15 is 0 Å². The predicted octanol–water partition coefficient (Wildman–Crippen LogP) is 2.15. The number of nitrogens with zero attached hydrogens (tertiary/aromatic N) is 3. The average molecular weight is 203 g/mol. The second-order valence-corrected chi connectivity index (χ2v) is 3.43. The molecular formula is C10H9N3O2. The molecule has 5 heteroatoms. The third-order valence-corrected chi connectivity index (χ3v) is 2.40. The Balaban J connectivity index is 2.96. The van der Waals surface area contributed by atoms with Crippen molar-refractivity contribution in [2.75, 3.05) is 0 Å². The summed E-state index contributed by atoms with van der Waals surface area (Å²) in [6.07, 6.45) is 2.99. The van der Waals surface area contributed by atoms with Gasteiger partial charge in [0.2, 0.25) is 0 Å². The molecule has 0 bridgehead atoms. The van der Waals surface area contributed by atoms with E-state index in [1.807, 2.05) is 6.92 Å². The van der Waals surface area contributed by atoms with Crippen LogP contribution in [0.2, 0.25) is 0 Å². The molecule has 0 amide bonds. The van der Waals surface area contributed by atoms with Gasteiger partial charge < -0.3 is 0 Å². The van der Waals surface area contributed by atoms with Crippen LogP contribution in [0.3, 0.4) is 0 Å². The van der Waals surface area contributed by atoms with Gasteiger partial charge in [0, 0.05) is 10.9 Å². The van der Waals surface area contributed by atoms with E-state index in [0.29, 0.717) is 10.9 Å². The summed E-state index contributed by atoms with van der Waals surface area (Å²) in [4.78, 5) is 10.5. The Labute approximate surface area is 85.9 Å². The summed E-state index contributed by atoms with van der Waals surface area (Å²) in [5, 5.41) is 19.6. The first kappa shape index (κ1) is 9.51. The third-order valence-electron chi connectivity index (χ3n) is 2.40. The van der Waals surface area contributed by atoms with E-state index < -0.39 is 0 Å². The summed E-state index contributed by atoms with van der Waals surface area (Å²) in [5.74, 6) is 0. The molecule has 1 aromatic carbocycles. The molecule has 0 aliphatic carbocycles. The highest BCUT2D eigenvalue weighted by Crippen LogP contribution is 2.30. The number of rotatable bonds is 1. The van der Waals surface area contributed by atoms with Crippen LogP contribution < -0.4 is 0 Å². The smallest absolute Gasteiger partial charge is 0.258 e. The van der Waals surface area contributed by atoms with Gasteiger partial charge in [-0.15, -0.1) is 0 Å². The topological polar surface area (TPSA) is 68.9 Å². The van der Waals surface area contributed by atoms with Crippen LogP contribution in [0.5, 0.6) is 0 Å². The lowest BCUT2D eigenvalue weighted by atomic mass is 10.0. The SMILES string of the molecule is Cc1cc(C)c2cnncc2c1[N+](=O)[O-]. The van der Waals surface area contributed by atoms with Crippen molar-refractivity contribution in [3.05, 3.63) is 39.7 Å². The van der Waals surface area contributed by atoms with Crippen molar-refractivity contribution in [3.8, 4) is 0 Å². The van der Waals surface area contributed by atoms with Gasteiger partial charge >= 0.3 is 0 Å². The summed E-state index contributed by atoms with van der Waals surface area (Å²) in [5.41, 5.74) is 1.74. The Kier molecular flexibility index (Phi) is 2.07. The van der Waals surface area contributed by atoms with Gasteiger partial charge in [0.1, 0.15) is 0 Å². The molecule has 0 aliphatic rings. The molecule has 1 heterocycles. The summed E-state index contributed by atoms with van der Waals surface area (Å²) in [6.45, 7) is 3.63. The number of nitro benzene ring substituents is 1. The summed E-state index contributed by atoms with van der Waals surface area (Å²) in [7, 11) is 0. The van der Waals surface area contributed by atoms with Crippen LogP contribution >= 0.6 is 0 Å². The lowest BCUT2D eigenvalue weighted by Crippen LogP contribution is -1.96. The molecule has 0 radical (unpaired) electrons. The highest BCUT2D eigenvalue weighted by Gasteiger charge is 2.17. The van der Waals surface area contributed by atoms with Crippen molar-refractivity contribution in [3.63, 3.8) is 0 Å². The van der Waals surface area contributed by atoms with Crippen molar-refractivity contribution in [1.29, 1.82) is 0 Å². The number of hydrogen-bond acceptors (Lipinski definition) is 4. The number of benzene rings is 1. The zero-order valence-corrected chi connectivity index (χ0v) is 8.39. The van der Waals surface area contributed by atoms with Crippen molar-refractivity contribution in [2.24, 2.45) is 0 Å². The van der Waals surface area contributed by atoms with Gasteiger partial charge in [-0.05, 0) is 25.5 Å². The first-order valence-corrected chi connectivity index (χ1v) is 4.46. The average Bonchev–Trinajstić information content (AvgIpc) is 2.17. The summed E-state index contributed by atoms with van der Waals surface area (Å²) >= 11 is 0. The van der Waals surface area contributed by atoms with Crippen LogP contribution in [0.1, 0.15) is 11.1 Å². The predicted molar refractivity (Wildman–Crippen MR) is 55.7 cm³/mol. The molecule has 0 saturated carbocycles. The van der Waals surface area contributed by atoms with E-state index in [1.165, 1.54) is 6.20 Å².